The fraction of sp³-hybridized carbons (Fsp3) is 0.250. The standard InChI is InChI=1S/C20H22N4O3/c1-20(2,3)27-18(25)11-24-10-15(19(22)26)14-8-12(4-6-16(14)24)13-5-7-17(21)23-9-13/h4-10H,11H2,1-3H3,(H2,21,23)(H2,22,26). The Morgan fingerprint density at radius 3 is 2.44 bits per heavy atom. The van der Waals surface area contributed by atoms with Crippen LogP contribution in [0.5, 0.6) is 0 Å². The molecular formula is C20H22N4O3. The quantitative estimate of drug-likeness (QED) is 0.689. The largest absolute Gasteiger partial charge is 0.459 e. The molecule has 2 aromatic heterocycles. The van der Waals surface area contributed by atoms with E-state index >= 15 is 0 Å². The Balaban J connectivity index is 2.03. The number of aromatic nitrogens is 2. The molecular weight excluding hydrogens is 344 g/mol. The second kappa shape index (κ2) is 6.75. The lowest BCUT2D eigenvalue weighted by atomic mass is 10.0. The van der Waals surface area contributed by atoms with Crippen molar-refractivity contribution in [3.8, 4) is 11.1 Å². The van der Waals surface area contributed by atoms with Gasteiger partial charge in [-0.3, -0.25) is 9.59 Å². The van der Waals surface area contributed by atoms with Gasteiger partial charge in [-0.2, -0.15) is 0 Å². The van der Waals surface area contributed by atoms with Gasteiger partial charge in [0.25, 0.3) is 5.91 Å². The van der Waals surface area contributed by atoms with Crippen LogP contribution in [-0.4, -0.2) is 27.0 Å². The van der Waals surface area contributed by atoms with Crippen molar-refractivity contribution in [1.29, 1.82) is 0 Å². The number of hydrogen-bond acceptors (Lipinski definition) is 5. The lowest BCUT2D eigenvalue weighted by Crippen LogP contribution is -2.26. The van der Waals surface area contributed by atoms with Crippen molar-refractivity contribution in [2.75, 3.05) is 5.73 Å². The number of amides is 1. The van der Waals surface area contributed by atoms with E-state index in [4.69, 9.17) is 16.2 Å². The van der Waals surface area contributed by atoms with Crippen molar-refractivity contribution < 1.29 is 14.3 Å². The SMILES string of the molecule is CC(C)(C)OC(=O)Cn1cc(C(N)=O)c2cc(-c3ccc(N)nc3)ccc21. The van der Waals surface area contributed by atoms with Crippen LogP contribution < -0.4 is 11.5 Å². The Labute approximate surface area is 156 Å². The van der Waals surface area contributed by atoms with Crippen LogP contribution in [0.3, 0.4) is 0 Å². The first kappa shape index (κ1) is 18.4. The van der Waals surface area contributed by atoms with Gasteiger partial charge in [-0.05, 0) is 50.6 Å². The molecule has 2 heterocycles. The van der Waals surface area contributed by atoms with Crippen molar-refractivity contribution >= 4 is 28.6 Å². The minimum Gasteiger partial charge on any atom is -0.459 e. The minimum atomic E-state index is -0.581. The smallest absolute Gasteiger partial charge is 0.326 e. The number of carbonyl (C=O) groups is 2. The van der Waals surface area contributed by atoms with E-state index in [0.29, 0.717) is 16.8 Å². The lowest BCUT2D eigenvalue weighted by Gasteiger charge is -2.19. The average Bonchev–Trinajstić information content (AvgIpc) is 2.92. The summed E-state index contributed by atoms with van der Waals surface area (Å²) < 4.78 is 7.04. The molecule has 3 aromatic rings. The predicted octanol–water partition coefficient (Wildman–Crippen LogP) is 2.73. The monoisotopic (exact) mass is 366 g/mol. The second-order valence-corrected chi connectivity index (χ2v) is 7.33. The summed E-state index contributed by atoms with van der Waals surface area (Å²) in [4.78, 5) is 28.2. The van der Waals surface area contributed by atoms with Crippen LogP contribution in [0.4, 0.5) is 5.82 Å². The molecule has 0 spiro atoms. The van der Waals surface area contributed by atoms with Gasteiger partial charge in [-0.25, -0.2) is 4.98 Å². The molecule has 0 saturated heterocycles. The van der Waals surface area contributed by atoms with E-state index in [2.05, 4.69) is 4.98 Å². The van der Waals surface area contributed by atoms with Crippen molar-refractivity contribution in [2.45, 2.75) is 32.9 Å². The molecule has 0 saturated carbocycles. The van der Waals surface area contributed by atoms with Crippen molar-refractivity contribution in [1.82, 2.24) is 9.55 Å². The molecule has 1 amide bonds. The lowest BCUT2D eigenvalue weighted by molar-refractivity contribution is -0.155. The molecule has 0 aliphatic heterocycles. The van der Waals surface area contributed by atoms with Crippen LogP contribution in [0.15, 0.2) is 42.7 Å². The van der Waals surface area contributed by atoms with Crippen LogP contribution in [0, 0.1) is 0 Å². The van der Waals surface area contributed by atoms with Gasteiger partial charge in [0.15, 0.2) is 0 Å². The summed E-state index contributed by atoms with van der Waals surface area (Å²) in [7, 11) is 0. The fourth-order valence-electron chi connectivity index (χ4n) is 2.89. The number of anilines is 1. The fourth-order valence-corrected chi connectivity index (χ4v) is 2.89. The molecule has 0 aliphatic carbocycles. The number of benzene rings is 1. The number of fused-ring (bicyclic) bond motifs is 1. The molecule has 0 unspecified atom stereocenters. The topological polar surface area (TPSA) is 113 Å². The molecule has 0 fully saturated rings. The van der Waals surface area contributed by atoms with Gasteiger partial charge in [-0.1, -0.05) is 6.07 Å². The number of nitrogen functional groups attached to an aromatic ring is 1. The number of hydrogen-bond donors (Lipinski definition) is 2. The van der Waals surface area contributed by atoms with Crippen molar-refractivity contribution in [2.24, 2.45) is 5.73 Å². The zero-order chi connectivity index (χ0) is 19.8. The van der Waals surface area contributed by atoms with E-state index < -0.39 is 11.5 Å². The third kappa shape index (κ3) is 4.08. The molecule has 140 valence electrons. The Morgan fingerprint density at radius 2 is 1.85 bits per heavy atom. The first-order valence-electron chi connectivity index (χ1n) is 8.50. The third-order valence-corrected chi connectivity index (χ3v) is 3.99. The summed E-state index contributed by atoms with van der Waals surface area (Å²) in [6, 6.07) is 9.16. The number of nitrogens with two attached hydrogens (primary N) is 2. The zero-order valence-electron chi connectivity index (χ0n) is 15.5. The highest BCUT2D eigenvalue weighted by Crippen LogP contribution is 2.28. The summed E-state index contributed by atoms with van der Waals surface area (Å²) in [6.45, 7) is 5.41. The highest BCUT2D eigenvalue weighted by molar-refractivity contribution is 6.07. The average molecular weight is 366 g/mol. The van der Waals surface area contributed by atoms with Gasteiger partial charge in [0.05, 0.1) is 5.56 Å². The van der Waals surface area contributed by atoms with Crippen LogP contribution >= 0.6 is 0 Å². The summed E-state index contributed by atoms with van der Waals surface area (Å²) in [5.41, 5.74) is 13.4. The number of esters is 1. The normalized spacial score (nSPS) is 11.5. The molecule has 1 aromatic carbocycles. The molecule has 0 bridgehead atoms. The highest BCUT2D eigenvalue weighted by atomic mass is 16.6. The second-order valence-electron chi connectivity index (χ2n) is 7.33. The number of pyridine rings is 1. The van der Waals surface area contributed by atoms with Crippen LogP contribution in [0.25, 0.3) is 22.0 Å². The zero-order valence-corrected chi connectivity index (χ0v) is 15.5. The van der Waals surface area contributed by atoms with Crippen molar-refractivity contribution in [3.63, 3.8) is 0 Å². The van der Waals surface area contributed by atoms with Gasteiger partial charge in [0.1, 0.15) is 18.0 Å². The van der Waals surface area contributed by atoms with Gasteiger partial charge in [0, 0.05) is 28.9 Å². The summed E-state index contributed by atoms with van der Waals surface area (Å²) >= 11 is 0. The van der Waals surface area contributed by atoms with Crippen LogP contribution in [0.1, 0.15) is 31.1 Å². The van der Waals surface area contributed by atoms with E-state index in [0.717, 1.165) is 16.6 Å². The summed E-state index contributed by atoms with van der Waals surface area (Å²) in [5.74, 6) is -0.515. The third-order valence-electron chi connectivity index (χ3n) is 3.99. The summed E-state index contributed by atoms with van der Waals surface area (Å²) in [6.07, 6.45) is 3.25. The van der Waals surface area contributed by atoms with Gasteiger partial charge in [-0.15, -0.1) is 0 Å². The number of primary amides is 1. The number of carbonyl (C=O) groups excluding carboxylic acids is 2. The molecule has 7 heteroatoms. The van der Waals surface area contributed by atoms with E-state index in [1.165, 1.54) is 0 Å². The maximum Gasteiger partial charge on any atom is 0.326 e. The van der Waals surface area contributed by atoms with E-state index in [1.54, 1.807) is 43.8 Å². The molecule has 27 heavy (non-hydrogen) atoms. The minimum absolute atomic E-state index is 0.0101. The molecule has 0 atom stereocenters. The van der Waals surface area contributed by atoms with E-state index in [1.807, 2.05) is 24.3 Å². The Kier molecular flexibility index (Phi) is 4.61. The maximum absolute atomic E-state index is 12.2. The van der Waals surface area contributed by atoms with Crippen LogP contribution in [-0.2, 0) is 16.1 Å². The molecule has 0 radical (unpaired) electrons. The molecule has 4 N–H and O–H groups in total. The number of rotatable bonds is 4. The van der Waals surface area contributed by atoms with Crippen LogP contribution in [0.2, 0.25) is 0 Å². The van der Waals surface area contributed by atoms with Gasteiger partial charge < -0.3 is 20.8 Å². The maximum atomic E-state index is 12.2. The summed E-state index contributed by atoms with van der Waals surface area (Å²) in [5, 5.41) is 0.667. The highest BCUT2D eigenvalue weighted by Gasteiger charge is 2.19. The van der Waals surface area contributed by atoms with Crippen molar-refractivity contribution in [3.05, 3.63) is 48.3 Å². The first-order valence-corrected chi connectivity index (χ1v) is 8.50. The Morgan fingerprint density at radius 1 is 1.15 bits per heavy atom. The number of ether oxygens (including phenoxy) is 1. The van der Waals surface area contributed by atoms with Gasteiger partial charge >= 0.3 is 5.97 Å². The van der Waals surface area contributed by atoms with E-state index in [9.17, 15) is 9.59 Å². The predicted molar refractivity (Wildman–Crippen MR) is 104 cm³/mol. The molecule has 7 nitrogen and oxygen atoms in total. The first-order chi connectivity index (χ1) is 12.6. The molecule has 0 aliphatic rings. The van der Waals surface area contributed by atoms with E-state index in [-0.39, 0.29) is 12.5 Å². The Hall–Kier alpha value is -3.35. The molecule has 3 rings (SSSR count). The number of nitrogens with zero attached hydrogens (tertiary/aromatic N) is 2. The Bertz CT molecular complexity index is 1010. The van der Waals surface area contributed by atoms with Gasteiger partial charge in [0.2, 0.25) is 0 Å².